The maximum absolute atomic E-state index is 12.5. The first-order chi connectivity index (χ1) is 19.9. The highest BCUT2D eigenvalue weighted by atomic mass is 16.6. The van der Waals surface area contributed by atoms with Crippen molar-refractivity contribution in [1.29, 1.82) is 0 Å². The van der Waals surface area contributed by atoms with Crippen molar-refractivity contribution in [3.8, 4) is 17.6 Å². The molecule has 3 aliphatic rings. The summed E-state index contributed by atoms with van der Waals surface area (Å²) in [5.41, 5.74) is 6.68. The van der Waals surface area contributed by atoms with Crippen LogP contribution in [0.1, 0.15) is 44.2 Å². The molecule has 2 unspecified atom stereocenters. The Morgan fingerprint density at radius 2 is 1.85 bits per heavy atom. The third-order valence-electron chi connectivity index (χ3n) is 7.56. The predicted octanol–water partition coefficient (Wildman–Crippen LogP) is 0.959. The fourth-order valence-corrected chi connectivity index (χ4v) is 5.05. The van der Waals surface area contributed by atoms with Crippen LogP contribution < -0.4 is 15.8 Å². The molecule has 4 atom stereocenters. The summed E-state index contributed by atoms with van der Waals surface area (Å²) in [6, 6.07) is 9.08. The Morgan fingerprint density at radius 3 is 2.59 bits per heavy atom. The summed E-state index contributed by atoms with van der Waals surface area (Å²) in [7, 11) is 0. The van der Waals surface area contributed by atoms with Crippen molar-refractivity contribution in [3.63, 3.8) is 0 Å². The van der Waals surface area contributed by atoms with Gasteiger partial charge in [0.15, 0.2) is 23.8 Å². The van der Waals surface area contributed by atoms with E-state index in [9.17, 15) is 19.8 Å². The van der Waals surface area contributed by atoms with Crippen LogP contribution in [0.25, 0.3) is 11.2 Å². The molecule has 214 valence electrons. The van der Waals surface area contributed by atoms with Gasteiger partial charge in [0, 0.05) is 25.6 Å². The smallest absolute Gasteiger partial charge is 0.410 e. The number of nitrogens with two attached hydrogens (primary N) is 1. The number of carbonyl (C=O) groups is 2. The number of piperidine rings is 1. The van der Waals surface area contributed by atoms with Gasteiger partial charge in [-0.15, -0.1) is 0 Å². The number of para-hydroxylation sites is 1. The molecule has 41 heavy (non-hydrogen) atoms. The fraction of sp³-hybridized carbons (Fsp3) is 0.464. The van der Waals surface area contributed by atoms with Gasteiger partial charge >= 0.3 is 6.09 Å². The van der Waals surface area contributed by atoms with Crippen molar-refractivity contribution in [1.82, 2.24) is 29.7 Å². The number of aliphatic hydroxyl groups is 2. The van der Waals surface area contributed by atoms with Crippen molar-refractivity contribution in [3.05, 3.63) is 42.5 Å². The van der Waals surface area contributed by atoms with E-state index in [0.717, 1.165) is 25.7 Å². The van der Waals surface area contributed by atoms with E-state index in [1.54, 1.807) is 17.0 Å². The molecule has 3 aromatic rings. The van der Waals surface area contributed by atoms with Gasteiger partial charge in [-0.2, -0.15) is 0 Å². The number of benzene rings is 1. The monoisotopic (exact) mass is 561 g/mol. The Kier molecular flexibility index (Phi) is 7.44. The largest absolute Gasteiger partial charge is 0.415 e. The molecule has 1 aliphatic carbocycles. The normalized spacial score (nSPS) is 24.6. The van der Waals surface area contributed by atoms with Crippen molar-refractivity contribution in [2.75, 3.05) is 18.8 Å². The molecule has 0 bridgehead atoms. The molecule has 13 nitrogen and oxygen atoms in total. The van der Waals surface area contributed by atoms with Crippen molar-refractivity contribution >= 4 is 29.0 Å². The second-order valence-electron chi connectivity index (χ2n) is 10.6. The molecule has 4 heterocycles. The predicted molar refractivity (Wildman–Crippen MR) is 145 cm³/mol. The molecule has 3 fully saturated rings. The van der Waals surface area contributed by atoms with E-state index < -0.39 is 30.4 Å². The molecule has 6 rings (SSSR count). The number of ether oxygens (including phenoxy) is 2. The number of likely N-dealkylation sites (tertiary alicyclic amines) is 1. The van der Waals surface area contributed by atoms with Crippen LogP contribution in [0.2, 0.25) is 0 Å². The number of hydrogen-bond acceptors (Lipinski definition) is 10. The first kappa shape index (κ1) is 26.9. The lowest BCUT2D eigenvalue weighted by Gasteiger charge is -2.30. The number of anilines is 1. The van der Waals surface area contributed by atoms with E-state index >= 15 is 0 Å². The van der Waals surface area contributed by atoms with Gasteiger partial charge in [0.1, 0.15) is 23.5 Å². The Labute approximate surface area is 235 Å². The van der Waals surface area contributed by atoms with E-state index in [1.165, 1.54) is 10.9 Å². The highest BCUT2D eigenvalue weighted by molar-refractivity contribution is 5.83. The van der Waals surface area contributed by atoms with Gasteiger partial charge in [-0.1, -0.05) is 24.1 Å². The molecular formula is C28H31N7O6. The Bertz CT molecular complexity index is 1490. The van der Waals surface area contributed by atoms with Crippen LogP contribution >= 0.6 is 0 Å². The van der Waals surface area contributed by atoms with Crippen molar-refractivity contribution in [2.24, 2.45) is 5.92 Å². The molecule has 5 N–H and O–H groups in total. The summed E-state index contributed by atoms with van der Waals surface area (Å²) in [6.07, 6.45) is -0.147. The minimum atomic E-state index is -1.42. The first-order valence-electron chi connectivity index (χ1n) is 13.7. The lowest BCUT2D eigenvalue weighted by molar-refractivity contribution is -0.137. The van der Waals surface area contributed by atoms with Crippen LogP contribution in [0.5, 0.6) is 5.75 Å². The van der Waals surface area contributed by atoms with Gasteiger partial charge in [-0.05, 0) is 49.7 Å². The molecule has 1 saturated carbocycles. The third-order valence-corrected chi connectivity index (χ3v) is 7.56. The van der Waals surface area contributed by atoms with E-state index in [0.29, 0.717) is 36.7 Å². The number of carbonyl (C=O) groups excluding carboxylic acids is 2. The van der Waals surface area contributed by atoms with E-state index in [1.807, 2.05) is 18.2 Å². The minimum Gasteiger partial charge on any atom is -0.410 e. The molecule has 2 aromatic heterocycles. The van der Waals surface area contributed by atoms with Crippen LogP contribution in [-0.4, -0.2) is 84.1 Å². The number of rotatable bonds is 5. The average Bonchev–Trinajstić information content (AvgIpc) is 3.61. The molecule has 2 aliphatic heterocycles. The second-order valence-corrected chi connectivity index (χ2v) is 10.6. The zero-order valence-corrected chi connectivity index (χ0v) is 22.2. The number of aliphatic hydroxyl groups excluding tert-OH is 2. The standard InChI is InChI=1S/C28H31N7O6/c29-24-20-25(35(15-30-20)27-22(37)21(36)23(41-27)26(38)31-17-9-10-17)33-19(32-24)8-4-5-16-11-13-34(14-12-16)28(39)40-18-6-2-1-3-7-18/h1-3,6-7,15-17,21-23,27,36-37H,5,9-14H2,(H,31,38)(H2,29,32,33)/t21-,22+,23?,27?/m1/s1. The van der Waals surface area contributed by atoms with Crippen LogP contribution in [0.3, 0.4) is 0 Å². The zero-order valence-electron chi connectivity index (χ0n) is 22.2. The maximum Gasteiger partial charge on any atom is 0.415 e. The number of fused-ring (bicyclic) bond motifs is 1. The Morgan fingerprint density at radius 1 is 1.10 bits per heavy atom. The number of nitrogen functional groups attached to an aromatic ring is 1. The topological polar surface area (TPSA) is 178 Å². The number of hydrogen-bond donors (Lipinski definition) is 4. The van der Waals surface area contributed by atoms with Gasteiger partial charge in [0.2, 0.25) is 5.82 Å². The highest BCUT2D eigenvalue weighted by Crippen LogP contribution is 2.33. The van der Waals surface area contributed by atoms with Crippen LogP contribution in [0, 0.1) is 17.8 Å². The van der Waals surface area contributed by atoms with Crippen molar-refractivity contribution < 1.29 is 29.3 Å². The van der Waals surface area contributed by atoms with Crippen LogP contribution in [0.15, 0.2) is 36.7 Å². The Hall–Kier alpha value is -4.25. The molecule has 0 radical (unpaired) electrons. The third kappa shape index (κ3) is 5.81. The molecule has 1 aromatic carbocycles. The van der Waals surface area contributed by atoms with Gasteiger partial charge in [-0.25, -0.2) is 19.7 Å². The number of imidazole rings is 1. The van der Waals surface area contributed by atoms with E-state index in [-0.39, 0.29) is 29.4 Å². The summed E-state index contributed by atoms with van der Waals surface area (Å²) in [6.45, 7) is 1.17. The lowest BCUT2D eigenvalue weighted by atomic mass is 9.94. The van der Waals surface area contributed by atoms with Gasteiger partial charge in [0.05, 0.1) is 6.33 Å². The number of amides is 2. The number of aromatic nitrogens is 4. The maximum atomic E-state index is 12.5. The van der Waals surface area contributed by atoms with E-state index in [2.05, 4.69) is 32.1 Å². The van der Waals surface area contributed by atoms with E-state index in [4.69, 9.17) is 15.2 Å². The lowest BCUT2D eigenvalue weighted by Crippen LogP contribution is -2.43. The van der Waals surface area contributed by atoms with Crippen molar-refractivity contribution in [2.45, 2.75) is 62.7 Å². The molecule has 2 amide bonds. The van der Waals surface area contributed by atoms with Crippen LogP contribution in [-0.2, 0) is 9.53 Å². The SMILES string of the molecule is Nc1nc(C#CCC2CCN(C(=O)Oc3ccccc3)CC2)nc2c1ncn2C1OC(C(=O)NC2CC2)[C@H](O)[C@@H]1O. The summed E-state index contributed by atoms with van der Waals surface area (Å²) < 4.78 is 12.6. The van der Waals surface area contributed by atoms with Crippen LogP contribution in [0.4, 0.5) is 10.6 Å². The first-order valence-corrected chi connectivity index (χ1v) is 13.7. The number of nitrogens with one attached hydrogen (secondary N) is 1. The number of nitrogens with zero attached hydrogens (tertiary/aromatic N) is 5. The average molecular weight is 562 g/mol. The zero-order chi connectivity index (χ0) is 28.5. The second kappa shape index (κ2) is 11.3. The quantitative estimate of drug-likeness (QED) is 0.328. The summed E-state index contributed by atoms with van der Waals surface area (Å²) in [4.78, 5) is 39.6. The molecule has 0 spiro atoms. The minimum absolute atomic E-state index is 0.0842. The fourth-order valence-electron chi connectivity index (χ4n) is 5.05. The summed E-state index contributed by atoms with van der Waals surface area (Å²) in [5, 5.41) is 23.9. The molecule has 13 heteroatoms. The highest BCUT2D eigenvalue weighted by Gasteiger charge is 2.48. The van der Waals surface area contributed by atoms with Gasteiger partial charge < -0.3 is 35.6 Å². The summed E-state index contributed by atoms with van der Waals surface area (Å²) in [5.74, 6) is 6.73. The van der Waals surface area contributed by atoms with Gasteiger partial charge in [0.25, 0.3) is 5.91 Å². The summed E-state index contributed by atoms with van der Waals surface area (Å²) >= 11 is 0. The van der Waals surface area contributed by atoms with Gasteiger partial charge in [-0.3, -0.25) is 9.36 Å². The Balaban J connectivity index is 1.09. The molecule has 2 saturated heterocycles. The molecular weight excluding hydrogens is 530 g/mol.